The van der Waals surface area contributed by atoms with Crippen molar-refractivity contribution in [1.82, 2.24) is 14.5 Å². The largest absolute Gasteiger partial charge is 0.366 e. The van der Waals surface area contributed by atoms with Crippen LogP contribution in [0, 0.1) is 0 Å². The second-order valence-electron chi connectivity index (χ2n) is 8.91. The summed E-state index contributed by atoms with van der Waals surface area (Å²) in [7, 11) is 2.10. The van der Waals surface area contributed by atoms with E-state index in [-0.39, 0.29) is 0 Å². The minimum atomic E-state index is 0.789. The van der Waals surface area contributed by atoms with Crippen molar-refractivity contribution in [3.63, 3.8) is 0 Å². The molecule has 4 heteroatoms. The average molecular weight is 440 g/mol. The lowest BCUT2D eigenvalue weighted by Gasteiger charge is -2.16. The van der Waals surface area contributed by atoms with Gasteiger partial charge in [0.2, 0.25) is 0 Å². The maximum Gasteiger partial charge on any atom is 0.0491 e. The molecule has 0 saturated carbocycles. The molecule has 3 nitrogen and oxygen atoms in total. The van der Waals surface area contributed by atoms with E-state index in [1.54, 1.807) is 0 Å². The number of hydrogen-bond donors (Lipinski definition) is 1. The number of aryl methyl sites for hydroxylation is 1. The molecule has 0 radical (unpaired) electrons. The van der Waals surface area contributed by atoms with Crippen LogP contribution in [0.5, 0.6) is 0 Å². The van der Waals surface area contributed by atoms with E-state index >= 15 is 0 Å². The third-order valence-corrected chi connectivity index (χ3v) is 7.16. The van der Waals surface area contributed by atoms with Crippen molar-refractivity contribution in [3.05, 3.63) is 83.8 Å². The van der Waals surface area contributed by atoms with Crippen molar-refractivity contribution < 1.29 is 0 Å². The molecule has 160 valence electrons. The first-order valence-electron chi connectivity index (χ1n) is 11.3. The van der Waals surface area contributed by atoms with Crippen LogP contribution >= 0.6 is 11.6 Å². The second kappa shape index (κ2) is 7.84. The zero-order valence-electron chi connectivity index (χ0n) is 18.2. The van der Waals surface area contributed by atoms with Gasteiger partial charge in [-0.05, 0) is 60.5 Å². The quantitative estimate of drug-likeness (QED) is 0.313. The van der Waals surface area contributed by atoms with E-state index in [1.165, 1.54) is 64.3 Å². The molecule has 1 N–H and O–H groups in total. The Morgan fingerprint density at radius 3 is 2.53 bits per heavy atom. The highest BCUT2D eigenvalue weighted by Crippen LogP contribution is 2.43. The van der Waals surface area contributed by atoms with Crippen LogP contribution in [-0.2, 0) is 13.6 Å². The van der Waals surface area contributed by atoms with Crippen molar-refractivity contribution in [3.8, 4) is 22.3 Å². The molecular formula is C28H26ClN3. The fourth-order valence-corrected chi connectivity index (χ4v) is 5.53. The lowest BCUT2D eigenvalue weighted by molar-refractivity contribution is 0.331. The molecule has 0 unspecified atom stereocenters. The molecule has 0 bridgehead atoms. The Bertz CT molecular complexity index is 1440. The highest BCUT2D eigenvalue weighted by atomic mass is 35.5. The van der Waals surface area contributed by atoms with E-state index in [0.29, 0.717) is 0 Å². The van der Waals surface area contributed by atoms with Gasteiger partial charge in [-0.3, -0.25) is 4.90 Å². The molecule has 0 amide bonds. The van der Waals surface area contributed by atoms with E-state index in [0.717, 1.165) is 22.7 Å². The lowest BCUT2D eigenvalue weighted by atomic mass is 9.93. The predicted molar refractivity (Wildman–Crippen MR) is 135 cm³/mol. The smallest absolute Gasteiger partial charge is 0.0491 e. The summed E-state index contributed by atoms with van der Waals surface area (Å²) in [5.74, 6) is 0. The van der Waals surface area contributed by atoms with Crippen molar-refractivity contribution in [1.29, 1.82) is 0 Å². The summed E-state index contributed by atoms with van der Waals surface area (Å²) in [4.78, 5) is 5.90. The Labute approximate surface area is 193 Å². The van der Waals surface area contributed by atoms with Gasteiger partial charge in [0.25, 0.3) is 0 Å². The van der Waals surface area contributed by atoms with E-state index in [4.69, 9.17) is 11.6 Å². The first-order valence-corrected chi connectivity index (χ1v) is 11.7. The number of fused-ring (bicyclic) bond motifs is 2. The molecule has 1 aliphatic rings. The summed E-state index contributed by atoms with van der Waals surface area (Å²) in [5.41, 5.74) is 7.24. The number of aromatic nitrogens is 2. The Hall–Kier alpha value is -3.01. The zero-order valence-corrected chi connectivity index (χ0v) is 19.0. The van der Waals surface area contributed by atoms with E-state index in [9.17, 15) is 0 Å². The van der Waals surface area contributed by atoms with Gasteiger partial charge in [0, 0.05) is 70.4 Å². The number of hydrogen-bond acceptors (Lipinski definition) is 1. The summed E-state index contributed by atoms with van der Waals surface area (Å²) in [6.07, 6.45) is 9.02. The third kappa shape index (κ3) is 3.24. The van der Waals surface area contributed by atoms with Crippen LogP contribution < -0.4 is 0 Å². The van der Waals surface area contributed by atoms with Gasteiger partial charge in [-0.15, -0.1) is 0 Å². The Kier molecular flexibility index (Phi) is 4.82. The first-order chi connectivity index (χ1) is 15.7. The molecule has 0 spiro atoms. The highest BCUT2D eigenvalue weighted by molar-refractivity contribution is 6.35. The van der Waals surface area contributed by atoms with Gasteiger partial charge in [0.05, 0.1) is 0 Å². The molecule has 3 aromatic carbocycles. The summed E-state index contributed by atoms with van der Waals surface area (Å²) >= 11 is 6.87. The van der Waals surface area contributed by atoms with Gasteiger partial charge in [-0.2, -0.15) is 0 Å². The van der Waals surface area contributed by atoms with Crippen LogP contribution in [-0.4, -0.2) is 27.5 Å². The van der Waals surface area contributed by atoms with Crippen LogP contribution in [0.3, 0.4) is 0 Å². The number of H-pyrrole nitrogens is 1. The van der Waals surface area contributed by atoms with E-state index < -0.39 is 0 Å². The minimum absolute atomic E-state index is 0.789. The number of nitrogens with zero attached hydrogens (tertiary/aromatic N) is 2. The van der Waals surface area contributed by atoms with E-state index in [2.05, 4.69) is 88.6 Å². The normalized spacial score (nSPS) is 14.7. The molecule has 0 aliphatic carbocycles. The molecule has 5 aromatic rings. The lowest BCUT2D eigenvalue weighted by Crippen LogP contribution is -2.18. The molecule has 3 heterocycles. The van der Waals surface area contributed by atoms with E-state index in [1.807, 2.05) is 6.07 Å². The minimum Gasteiger partial charge on any atom is -0.366 e. The summed E-state index contributed by atoms with van der Waals surface area (Å²) < 4.78 is 2.19. The number of likely N-dealkylation sites (tertiary alicyclic amines) is 1. The summed E-state index contributed by atoms with van der Waals surface area (Å²) in [6.45, 7) is 3.40. The predicted octanol–water partition coefficient (Wildman–Crippen LogP) is 7.24. The SMILES string of the molecule is Cn1cc(-c2c[nH]cc2-c2c(Cl)ccc3ccc(CN4CCCC4)cc23)c2ccccc21. The fourth-order valence-electron chi connectivity index (χ4n) is 5.26. The fraction of sp³-hybridized carbons (Fsp3) is 0.214. The molecule has 32 heavy (non-hydrogen) atoms. The number of rotatable bonds is 4. The van der Waals surface area contributed by atoms with Gasteiger partial charge < -0.3 is 9.55 Å². The first kappa shape index (κ1) is 19.7. The van der Waals surface area contributed by atoms with Crippen LogP contribution in [0.1, 0.15) is 18.4 Å². The average Bonchev–Trinajstić information content (AvgIpc) is 3.55. The monoisotopic (exact) mass is 439 g/mol. The van der Waals surface area contributed by atoms with Crippen molar-refractivity contribution >= 4 is 33.3 Å². The zero-order chi connectivity index (χ0) is 21.7. The molecule has 0 atom stereocenters. The van der Waals surface area contributed by atoms with Gasteiger partial charge in [-0.25, -0.2) is 0 Å². The summed E-state index contributed by atoms with van der Waals surface area (Å²) in [5, 5.41) is 4.48. The number of benzene rings is 3. The summed E-state index contributed by atoms with van der Waals surface area (Å²) in [6, 6.07) is 19.6. The van der Waals surface area contributed by atoms with Crippen molar-refractivity contribution in [2.75, 3.05) is 13.1 Å². The van der Waals surface area contributed by atoms with Crippen LogP contribution in [0.4, 0.5) is 0 Å². The Morgan fingerprint density at radius 1 is 0.875 bits per heavy atom. The van der Waals surface area contributed by atoms with Crippen molar-refractivity contribution in [2.24, 2.45) is 7.05 Å². The van der Waals surface area contributed by atoms with Gasteiger partial charge >= 0.3 is 0 Å². The number of aromatic amines is 1. The topological polar surface area (TPSA) is 24.0 Å². The Morgan fingerprint density at radius 2 is 1.66 bits per heavy atom. The second-order valence-corrected chi connectivity index (χ2v) is 9.32. The maximum atomic E-state index is 6.87. The van der Waals surface area contributed by atoms with Gasteiger partial charge in [0.1, 0.15) is 0 Å². The van der Waals surface area contributed by atoms with Crippen molar-refractivity contribution in [2.45, 2.75) is 19.4 Å². The van der Waals surface area contributed by atoms with Gasteiger partial charge in [0.15, 0.2) is 0 Å². The maximum absolute atomic E-state index is 6.87. The number of nitrogens with one attached hydrogen (secondary N) is 1. The number of para-hydroxylation sites is 1. The highest BCUT2D eigenvalue weighted by Gasteiger charge is 2.19. The van der Waals surface area contributed by atoms with Crippen LogP contribution in [0.15, 0.2) is 73.2 Å². The molecular weight excluding hydrogens is 414 g/mol. The molecule has 1 fully saturated rings. The molecule has 2 aromatic heterocycles. The number of halogens is 1. The van der Waals surface area contributed by atoms with Crippen LogP contribution in [0.2, 0.25) is 5.02 Å². The molecule has 1 aliphatic heterocycles. The van der Waals surface area contributed by atoms with Gasteiger partial charge in [-0.1, -0.05) is 48.0 Å². The standard InChI is InChI=1S/C28H26ClN3/c1-31-18-25(21-6-2-3-7-27(21)31)23-15-30-16-24(23)28-22-14-19(17-32-12-4-5-13-32)8-9-20(22)10-11-26(28)29/h2-3,6-11,14-16,18,30H,4-5,12-13,17H2,1H3. The molecule has 6 rings (SSSR count). The van der Waals surface area contributed by atoms with Crippen LogP contribution in [0.25, 0.3) is 43.9 Å². The Balaban J connectivity index is 1.53. The molecule has 1 saturated heterocycles. The third-order valence-electron chi connectivity index (χ3n) is 6.84.